The van der Waals surface area contributed by atoms with Gasteiger partial charge in [-0.25, -0.2) is 9.97 Å². The molecule has 2 aromatic rings. The Morgan fingerprint density at radius 1 is 1.21 bits per heavy atom. The van der Waals surface area contributed by atoms with Gasteiger partial charge in [0.1, 0.15) is 6.61 Å². The molecular weight excluding hydrogens is 242 g/mol. The average Bonchev–Trinajstić information content (AvgIpc) is 2.97. The van der Waals surface area contributed by atoms with E-state index in [0.29, 0.717) is 24.4 Å². The number of benzene rings is 1. The molecule has 1 aromatic carbocycles. The zero-order chi connectivity index (χ0) is 13.1. The molecule has 19 heavy (non-hydrogen) atoms. The Kier molecular flexibility index (Phi) is 3.46. The molecule has 3 rings (SSSR count). The summed E-state index contributed by atoms with van der Waals surface area (Å²) >= 11 is 0. The minimum absolute atomic E-state index is 0.401. The molecule has 0 bridgehead atoms. The molecule has 1 aromatic heterocycles. The third-order valence-electron chi connectivity index (χ3n) is 3.29. The van der Waals surface area contributed by atoms with Gasteiger partial charge in [0.05, 0.1) is 18.1 Å². The summed E-state index contributed by atoms with van der Waals surface area (Å²) in [7, 11) is 1.58. The molecule has 1 N–H and O–H groups in total. The van der Waals surface area contributed by atoms with Gasteiger partial charge in [0.15, 0.2) is 0 Å². The van der Waals surface area contributed by atoms with Crippen molar-refractivity contribution in [3.8, 4) is 11.8 Å². The van der Waals surface area contributed by atoms with E-state index in [1.54, 1.807) is 7.11 Å². The minimum atomic E-state index is 0.401. The van der Waals surface area contributed by atoms with Gasteiger partial charge < -0.3 is 14.8 Å². The Morgan fingerprint density at radius 2 is 1.95 bits per heavy atom. The second-order valence-electron chi connectivity index (χ2n) is 4.63. The van der Waals surface area contributed by atoms with Gasteiger partial charge in [-0.2, -0.15) is 0 Å². The first-order valence-corrected chi connectivity index (χ1v) is 6.54. The van der Waals surface area contributed by atoms with E-state index in [-0.39, 0.29) is 0 Å². The van der Waals surface area contributed by atoms with E-state index in [1.165, 1.54) is 6.42 Å². The van der Waals surface area contributed by atoms with Crippen LogP contribution in [0.15, 0.2) is 24.3 Å². The number of hydrogen-bond acceptors (Lipinski definition) is 5. The molecule has 5 nitrogen and oxygen atoms in total. The van der Waals surface area contributed by atoms with E-state index in [9.17, 15) is 0 Å². The van der Waals surface area contributed by atoms with E-state index in [1.807, 2.05) is 24.3 Å². The molecule has 100 valence electrons. The van der Waals surface area contributed by atoms with Crippen LogP contribution in [0.2, 0.25) is 0 Å². The highest BCUT2D eigenvalue weighted by atomic mass is 16.5. The molecule has 0 radical (unpaired) electrons. The lowest BCUT2D eigenvalue weighted by molar-refractivity contribution is 0.250. The van der Waals surface area contributed by atoms with Crippen molar-refractivity contribution in [1.82, 2.24) is 15.3 Å². The Morgan fingerprint density at radius 3 is 2.58 bits per heavy atom. The second-order valence-corrected chi connectivity index (χ2v) is 4.63. The van der Waals surface area contributed by atoms with Crippen molar-refractivity contribution in [2.45, 2.75) is 18.9 Å². The fraction of sp³-hybridized carbons (Fsp3) is 0.429. The number of ether oxygens (including phenoxy) is 2. The summed E-state index contributed by atoms with van der Waals surface area (Å²) in [5.74, 6) is 0.909. The molecule has 0 spiro atoms. The zero-order valence-electron chi connectivity index (χ0n) is 10.9. The van der Waals surface area contributed by atoms with Crippen molar-refractivity contribution in [1.29, 1.82) is 0 Å². The summed E-state index contributed by atoms with van der Waals surface area (Å²) in [6.07, 6.45) is 2.35. The van der Waals surface area contributed by atoms with Gasteiger partial charge >= 0.3 is 0 Å². The summed E-state index contributed by atoms with van der Waals surface area (Å²) < 4.78 is 11.0. The van der Waals surface area contributed by atoms with Crippen molar-refractivity contribution in [3.05, 3.63) is 24.3 Å². The van der Waals surface area contributed by atoms with Crippen LogP contribution >= 0.6 is 0 Å². The Bertz CT molecular complexity index is 568. The topological polar surface area (TPSA) is 56.3 Å². The van der Waals surface area contributed by atoms with Crippen molar-refractivity contribution < 1.29 is 9.47 Å². The maximum absolute atomic E-state index is 5.76. The van der Waals surface area contributed by atoms with E-state index >= 15 is 0 Å². The van der Waals surface area contributed by atoms with Crippen LogP contribution in [-0.2, 0) is 0 Å². The van der Waals surface area contributed by atoms with E-state index in [2.05, 4.69) is 15.3 Å². The maximum atomic E-state index is 5.76. The van der Waals surface area contributed by atoms with Gasteiger partial charge in [0, 0.05) is 6.04 Å². The highest BCUT2D eigenvalue weighted by Crippen LogP contribution is 2.25. The lowest BCUT2D eigenvalue weighted by Crippen LogP contribution is -2.28. The summed E-state index contributed by atoms with van der Waals surface area (Å²) in [6, 6.07) is 8.10. The van der Waals surface area contributed by atoms with Gasteiger partial charge in [-0.15, -0.1) is 0 Å². The first-order valence-electron chi connectivity index (χ1n) is 6.54. The second kappa shape index (κ2) is 5.40. The normalized spacial score (nSPS) is 18.7. The molecular formula is C14H17N3O2. The number of fused-ring (bicyclic) bond motifs is 1. The average molecular weight is 259 g/mol. The monoisotopic (exact) mass is 259 g/mol. The molecule has 5 heteroatoms. The van der Waals surface area contributed by atoms with Gasteiger partial charge in [0.25, 0.3) is 11.8 Å². The number of rotatable bonds is 4. The molecule has 1 aliphatic rings. The summed E-state index contributed by atoms with van der Waals surface area (Å²) in [5, 5.41) is 3.39. The number of nitrogens with one attached hydrogen (secondary N) is 1. The molecule has 0 saturated carbocycles. The number of para-hydroxylation sites is 2. The van der Waals surface area contributed by atoms with Crippen LogP contribution in [0.25, 0.3) is 11.0 Å². The molecule has 0 amide bonds. The lowest BCUT2D eigenvalue weighted by atomic mass is 10.2. The highest BCUT2D eigenvalue weighted by Gasteiger charge is 2.17. The number of hydrogen-bond donors (Lipinski definition) is 1. The number of methoxy groups -OCH3 is 1. The molecule has 2 heterocycles. The highest BCUT2D eigenvalue weighted by molar-refractivity contribution is 5.75. The first-order chi connectivity index (χ1) is 9.36. The molecule has 1 fully saturated rings. The third-order valence-corrected chi connectivity index (χ3v) is 3.29. The number of nitrogens with zero attached hydrogens (tertiary/aromatic N) is 2. The van der Waals surface area contributed by atoms with Crippen molar-refractivity contribution in [2.24, 2.45) is 0 Å². The largest absolute Gasteiger partial charge is 0.477 e. The van der Waals surface area contributed by atoms with Crippen LogP contribution in [0, 0.1) is 0 Å². The predicted octanol–water partition coefficient (Wildman–Crippen LogP) is 1.77. The van der Waals surface area contributed by atoms with E-state index in [0.717, 1.165) is 24.0 Å². The van der Waals surface area contributed by atoms with Crippen LogP contribution in [0.1, 0.15) is 12.8 Å². The van der Waals surface area contributed by atoms with Gasteiger partial charge in [-0.3, -0.25) is 0 Å². The zero-order valence-corrected chi connectivity index (χ0v) is 10.9. The van der Waals surface area contributed by atoms with Gasteiger partial charge in [0.2, 0.25) is 0 Å². The smallest absolute Gasteiger partial charge is 0.278 e. The molecule has 1 saturated heterocycles. The first kappa shape index (κ1) is 12.2. The van der Waals surface area contributed by atoms with Gasteiger partial charge in [-0.05, 0) is 31.5 Å². The van der Waals surface area contributed by atoms with E-state index in [4.69, 9.17) is 9.47 Å². The fourth-order valence-electron chi connectivity index (χ4n) is 2.27. The minimum Gasteiger partial charge on any atom is -0.477 e. The summed E-state index contributed by atoms with van der Waals surface area (Å²) in [5.41, 5.74) is 1.63. The van der Waals surface area contributed by atoms with Crippen LogP contribution in [0.4, 0.5) is 0 Å². The standard InChI is InChI=1S/C14H17N3O2/c1-18-13-14(19-9-10-5-4-8-15-10)17-12-7-3-2-6-11(12)16-13/h2-3,6-7,10,15H,4-5,8-9H2,1H3/t10-/m0/s1. The Balaban J connectivity index is 1.83. The van der Waals surface area contributed by atoms with Crippen LogP contribution in [0.3, 0.4) is 0 Å². The van der Waals surface area contributed by atoms with Crippen LogP contribution < -0.4 is 14.8 Å². The third kappa shape index (κ3) is 2.61. The molecule has 1 atom stereocenters. The quantitative estimate of drug-likeness (QED) is 0.907. The van der Waals surface area contributed by atoms with Gasteiger partial charge in [-0.1, -0.05) is 12.1 Å². The summed E-state index contributed by atoms with van der Waals surface area (Å²) in [4.78, 5) is 8.88. The SMILES string of the molecule is COc1nc2ccccc2nc1OC[C@@H]1CCCN1. The predicted molar refractivity (Wildman–Crippen MR) is 72.6 cm³/mol. The van der Waals surface area contributed by atoms with Crippen LogP contribution in [-0.4, -0.2) is 36.3 Å². The van der Waals surface area contributed by atoms with Crippen molar-refractivity contribution in [2.75, 3.05) is 20.3 Å². The van der Waals surface area contributed by atoms with Crippen LogP contribution in [0.5, 0.6) is 11.8 Å². The van der Waals surface area contributed by atoms with Crippen molar-refractivity contribution in [3.63, 3.8) is 0 Å². The molecule has 1 aliphatic heterocycles. The Labute approximate surface area is 112 Å². The van der Waals surface area contributed by atoms with Crippen molar-refractivity contribution >= 4 is 11.0 Å². The number of aromatic nitrogens is 2. The van der Waals surface area contributed by atoms with E-state index < -0.39 is 0 Å². The Hall–Kier alpha value is -1.88. The lowest BCUT2D eigenvalue weighted by Gasteiger charge is -2.13. The molecule has 0 aliphatic carbocycles. The molecule has 0 unspecified atom stereocenters. The maximum Gasteiger partial charge on any atom is 0.278 e. The fourth-order valence-corrected chi connectivity index (χ4v) is 2.27. The summed E-state index contributed by atoms with van der Waals surface area (Å²) in [6.45, 7) is 1.66.